The molecule has 0 bridgehead atoms. The van der Waals surface area contributed by atoms with Crippen LogP contribution in [0, 0.1) is 0 Å². The van der Waals surface area contributed by atoms with E-state index in [1.807, 2.05) is 0 Å². The summed E-state index contributed by atoms with van der Waals surface area (Å²) in [6.07, 6.45) is -0.443. The lowest BCUT2D eigenvalue weighted by Crippen LogP contribution is -2.08. The van der Waals surface area contributed by atoms with Crippen molar-refractivity contribution >= 4 is 15.9 Å². The van der Waals surface area contributed by atoms with Gasteiger partial charge in [0.05, 0.1) is 4.47 Å². The molecule has 0 amide bonds. The number of hydrogen-bond acceptors (Lipinski definition) is 3. The minimum Gasteiger partial charge on any atom is -0.218 e. The third-order valence-corrected chi connectivity index (χ3v) is 2.10. The van der Waals surface area contributed by atoms with Crippen molar-refractivity contribution in [3.05, 3.63) is 34.8 Å². The van der Waals surface area contributed by atoms with Gasteiger partial charge in [-0.1, -0.05) is 0 Å². The van der Waals surface area contributed by atoms with E-state index in [-0.39, 0.29) is 5.95 Å². The average molecular weight is 293 g/mol. The highest BCUT2D eigenvalue weighted by Crippen LogP contribution is 2.27. The second-order valence-corrected chi connectivity index (χ2v) is 3.76. The third kappa shape index (κ3) is 2.21. The van der Waals surface area contributed by atoms with Crippen LogP contribution < -0.4 is 0 Å². The molecule has 0 N–H and O–H groups in total. The molecule has 84 valence electrons. The smallest absolute Gasteiger partial charge is 0.218 e. The first-order valence-corrected chi connectivity index (χ1v) is 4.87. The van der Waals surface area contributed by atoms with Crippen LogP contribution in [0.25, 0.3) is 5.95 Å². The van der Waals surface area contributed by atoms with Gasteiger partial charge in [0.25, 0.3) is 5.95 Å². The summed E-state index contributed by atoms with van der Waals surface area (Å²) in [5, 5.41) is 3.33. The summed E-state index contributed by atoms with van der Waals surface area (Å²) in [4.78, 5) is 7.64. The first-order chi connectivity index (χ1) is 7.47. The molecule has 2 aromatic heterocycles. The molecule has 4 nitrogen and oxygen atoms in total. The maximum Gasteiger partial charge on any atom is 0.435 e. The molecule has 8 heteroatoms. The highest BCUT2D eigenvalue weighted by molar-refractivity contribution is 9.10. The summed E-state index contributed by atoms with van der Waals surface area (Å²) < 4.78 is 38.4. The number of aromatic nitrogens is 4. The molecule has 0 aromatic carbocycles. The normalized spacial score (nSPS) is 11.8. The van der Waals surface area contributed by atoms with Crippen molar-refractivity contribution < 1.29 is 13.2 Å². The van der Waals surface area contributed by atoms with Gasteiger partial charge in [0.2, 0.25) is 0 Å². The predicted molar refractivity (Wildman–Crippen MR) is 51.9 cm³/mol. The van der Waals surface area contributed by atoms with Crippen molar-refractivity contribution in [3.63, 3.8) is 0 Å². The molecule has 0 spiro atoms. The van der Waals surface area contributed by atoms with Crippen molar-refractivity contribution in [2.45, 2.75) is 6.18 Å². The van der Waals surface area contributed by atoms with E-state index in [0.29, 0.717) is 4.47 Å². The molecule has 0 unspecified atom stereocenters. The summed E-state index contributed by atoms with van der Waals surface area (Å²) in [6.45, 7) is 0. The molecular formula is C8H4BrF3N4. The predicted octanol–water partition coefficient (Wildman–Crippen LogP) is 2.44. The number of alkyl halides is 3. The molecule has 2 aromatic rings. The molecule has 0 aliphatic carbocycles. The molecule has 0 radical (unpaired) electrons. The Morgan fingerprint density at radius 1 is 1.19 bits per heavy atom. The van der Waals surface area contributed by atoms with Crippen molar-refractivity contribution in [1.29, 1.82) is 0 Å². The Bertz CT molecular complexity index is 491. The summed E-state index contributed by atoms with van der Waals surface area (Å²) >= 11 is 3.12. The highest BCUT2D eigenvalue weighted by atomic mass is 79.9. The zero-order chi connectivity index (χ0) is 11.8. The standard InChI is InChI=1S/C8H4BrF3N4/c9-5-3-13-7(14-4-5)16-2-1-6(15-16)8(10,11)12/h1-4H. The van der Waals surface area contributed by atoms with Gasteiger partial charge in [0, 0.05) is 18.6 Å². The van der Waals surface area contributed by atoms with Crippen LogP contribution in [0.1, 0.15) is 5.69 Å². The van der Waals surface area contributed by atoms with Crippen LogP contribution in [0.3, 0.4) is 0 Å². The SMILES string of the molecule is FC(F)(F)c1ccn(-c2ncc(Br)cn2)n1. The Morgan fingerprint density at radius 2 is 1.81 bits per heavy atom. The summed E-state index contributed by atoms with van der Waals surface area (Å²) in [5.74, 6) is 0.0821. The zero-order valence-corrected chi connectivity index (χ0v) is 9.20. The van der Waals surface area contributed by atoms with Gasteiger partial charge in [-0.3, -0.25) is 0 Å². The van der Waals surface area contributed by atoms with E-state index in [1.165, 1.54) is 12.4 Å². The molecule has 0 saturated heterocycles. The minimum atomic E-state index is -4.46. The minimum absolute atomic E-state index is 0.0821. The number of hydrogen-bond donors (Lipinski definition) is 0. The Hall–Kier alpha value is -1.44. The van der Waals surface area contributed by atoms with Gasteiger partial charge in [-0.05, 0) is 22.0 Å². The summed E-state index contributed by atoms with van der Waals surface area (Å²) in [6, 6.07) is 0.866. The lowest BCUT2D eigenvalue weighted by molar-refractivity contribution is -0.141. The van der Waals surface area contributed by atoms with Crippen molar-refractivity contribution in [3.8, 4) is 5.95 Å². The van der Waals surface area contributed by atoms with E-state index >= 15 is 0 Å². The van der Waals surface area contributed by atoms with E-state index in [9.17, 15) is 13.2 Å². The van der Waals surface area contributed by atoms with Crippen molar-refractivity contribution in [1.82, 2.24) is 19.7 Å². The van der Waals surface area contributed by atoms with Crippen LogP contribution in [0.4, 0.5) is 13.2 Å². The first-order valence-electron chi connectivity index (χ1n) is 4.07. The molecule has 2 rings (SSSR count). The van der Waals surface area contributed by atoms with Gasteiger partial charge in [-0.2, -0.15) is 18.3 Å². The van der Waals surface area contributed by atoms with Crippen LogP contribution in [0.2, 0.25) is 0 Å². The third-order valence-electron chi connectivity index (χ3n) is 1.69. The molecule has 0 aliphatic rings. The van der Waals surface area contributed by atoms with Gasteiger partial charge in [0.15, 0.2) is 5.69 Å². The maximum atomic E-state index is 12.3. The fourth-order valence-corrected chi connectivity index (χ4v) is 1.22. The molecule has 16 heavy (non-hydrogen) atoms. The molecule has 0 fully saturated rings. The monoisotopic (exact) mass is 292 g/mol. The molecule has 0 aliphatic heterocycles. The van der Waals surface area contributed by atoms with Gasteiger partial charge in [0.1, 0.15) is 0 Å². The lowest BCUT2D eigenvalue weighted by atomic mass is 10.4. The topological polar surface area (TPSA) is 43.6 Å². The van der Waals surface area contributed by atoms with Gasteiger partial charge in [-0.25, -0.2) is 14.6 Å². The van der Waals surface area contributed by atoms with E-state index in [2.05, 4.69) is 31.0 Å². The molecule has 0 atom stereocenters. The molecular weight excluding hydrogens is 289 g/mol. The first kappa shape index (κ1) is 11.1. The second-order valence-electron chi connectivity index (χ2n) is 2.84. The van der Waals surface area contributed by atoms with E-state index in [0.717, 1.165) is 16.9 Å². The summed E-state index contributed by atoms with van der Waals surface area (Å²) in [7, 11) is 0. The lowest BCUT2D eigenvalue weighted by Gasteiger charge is -2.01. The fourth-order valence-electron chi connectivity index (χ4n) is 1.01. The van der Waals surface area contributed by atoms with Gasteiger partial charge in [-0.15, -0.1) is 0 Å². The number of halogens is 4. The molecule has 0 saturated carbocycles. The second kappa shape index (κ2) is 3.85. The maximum absolute atomic E-state index is 12.3. The van der Waals surface area contributed by atoms with E-state index in [4.69, 9.17) is 0 Å². The van der Waals surface area contributed by atoms with E-state index < -0.39 is 11.9 Å². The number of rotatable bonds is 1. The Morgan fingerprint density at radius 3 is 2.31 bits per heavy atom. The summed E-state index contributed by atoms with van der Waals surface area (Å²) in [5.41, 5.74) is -0.973. The van der Waals surface area contributed by atoms with Crippen molar-refractivity contribution in [2.24, 2.45) is 0 Å². The van der Waals surface area contributed by atoms with Gasteiger partial charge >= 0.3 is 6.18 Å². The van der Waals surface area contributed by atoms with Gasteiger partial charge < -0.3 is 0 Å². The van der Waals surface area contributed by atoms with Crippen LogP contribution in [0.5, 0.6) is 0 Å². The quantitative estimate of drug-likeness (QED) is 0.811. The Balaban J connectivity index is 2.35. The van der Waals surface area contributed by atoms with Crippen molar-refractivity contribution in [2.75, 3.05) is 0 Å². The Labute approximate surface area is 96.3 Å². The molecule has 2 heterocycles. The Kier molecular flexibility index (Phi) is 2.66. The average Bonchev–Trinajstić information content (AvgIpc) is 2.67. The van der Waals surface area contributed by atoms with Crippen LogP contribution in [0.15, 0.2) is 29.1 Å². The number of nitrogens with zero attached hydrogens (tertiary/aromatic N) is 4. The van der Waals surface area contributed by atoms with Crippen LogP contribution in [-0.2, 0) is 6.18 Å². The highest BCUT2D eigenvalue weighted by Gasteiger charge is 2.33. The van der Waals surface area contributed by atoms with Crippen LogP contribution >= 0.6 is 15.9 Å². The van der Waals surface area contributed by atoms with Crippen LogP contribution in [-0.4, -0.2) is 19.7 Å². The zero-order valence-electron chi connectivity index (χ0n) is 7.61. The largest absolute Gasteiger partial charge is 0.435 e. The van der Waals surface area contributed by atoms with E-state index in [1.54, 1.807) is 0 Å². The fraction of sp³-hybridized carbons (Fsp3) is 0.125.